The van der Waals surface area contributed by atoms with Crippen LogP contribution in [0.3, 0.4) is 0 Å². The van der Waals surface area contributed by atoms with E-state index in [1.807, 2.05) is 18.2 Å². The molecule has 3 nitrogen and oxygen atoms in total. The molecule has 0 atom stereocenters. The first-order valence-electron chi connectivity index (χ1n) is 6.75. The first kappa shape index (κ1) is 16.4. The van der Waals surface area contributed by atoms with Gasteiger partial charge in [0.05, 0.1) is 19.8 Å². The monoisotopic (exact) mass is 295 g/mol. The topological polar surface area (TPSA) is 21.7 Å². The molecule has 2 aromatic rings. The van der Waals surface area contributed by atoms with Crippen LogP contribution in [0.5, 0.6) is 5.75 Å². The normalized spacial score (nSPS) is 15.8. The average Bonchev–Trinajstić information content (AvgIpc) is 2.48. The van der Waals surface area contributed by atoms with Crippen LogP contribution < -0.4 is 56.1 Å². The van der Waals surface area contributed by atoms with Gasteiger partial charge in [-0.05, 0) is 0 Å². The van der Waals surface area contributed by atoms with Gasteiger partial charge in [0.25, 0.3) is 0 Å². The van der Waals surface area contributed by atoms with Crippen LogP contribution in [-0.2, 0) is 4.74 Å². The van der Waals surface area contributed by atoms with Gasteiger partial charge in [-0.3, -0.25) is 4.90 Å². The molecule has 1 heterocycles. The van der Waals surface area contributed by atoms with E-state index in [0.29, 0.717) is 6.61 Å². The first-order valence-corrected chi connectivity index (χ1v) is 6.75. The molecule has 0 spiro atoms. The fourth-order valence-electron chi connectivity index (χ4n) is 2.30. The predicted molar refractivity (Wildman–Crippen MR) is 75.5 cm³/mol. The van der Waals surface area contributed by atoms with Gasteiger partial charge in [0.1, 0.15) is 0 Å². The smallest absolute Gasteiger partial charge is 0.518 e. The standard InChI is InChI=1S/C16H18NO2.K/c1-2-4-15-13-16(6-5-14(15)3-1)19-12-9-17-7-10-18-11-8-17;/h1-5,13H,7-12H2;/q-1;+1. The van der Waals surface area contributed by atoms with Crippen molar-refractivity contribution in [2.75, 3.05) is 39.5 Å². The van der Waals surface area contributed by atoms with E-state index in [1.165, 1.54) is 10.8 Å². The Bertz CT molecular complexity index is 541. The Morgan fingerprint density at radius 3 is 2.70 bits per heavy atom. The largest absolute Gasteiger partial charge is 1.00 e. The van der Waals surface area contributed by atoms with Crippen LogP contribution in [-0.4, -0.2) is 44.4 Å². The molecule has 1 fully saturated rings. The number of morpholine rings is 1. The van der Waals surface area contributed by atoms with E-state index in [2.05, 4.69) is 29.2 Å². The van der Waals surface area contributed by atoms with Crippen LogP contribution in [0.4, 0.5) is 0 Å². The number of rotatable bonds is 4. The van der Waals surface area contributed by atoms with E-state index in [-0.39, 0.29) is 51.4 Å². The number of fused-ring (bicyclic) bond motifs is 1. The second-order valence-corrected chi connectivity index (χ2v) is 4.73. The van der Waals surface area contributed by atoms with Crippen molar-refractivity contribution in [1.82, 2.24) is 4.90 Å². The molecule has 100 valence electrons. The Morgan fingerprint density at radius 2 is 1.90 bits per heavy atom. The molecule has 1 aliphatic heterocycles. The van der Waals surface area contributed by atoms with Crippen molar-refractivity contribution in [3.8, 4) is 5.75 Å². The number of hydrogen-bond donors (Lipinski definition) is 0. The summed E-state index contributed by atoms with van der Waals surface area (Å²) in [5.74, 6) is 0.826. The quantitative estimate of drug-likeness (QED) is 0.553. The third-order valence-electron chi connectivity index (χ3n) is 3.42. The summed E-state index contributed by atoms with van der Waals surface area (Å²) in [7, 11) is 0. The van der Waals surface area contributed by atoms with Crippen LogP contribution in [0, 0.1) is 6.07 Å². The summed E-state index contributed by atoms with van der Waals surface area (Å²) in [4.78, 5) is 2.37. The van der Waals surface area contributed by atoms with Crippen molar-refractivity contribution in [3.05, 3.63) is 42.5 Å². The number of benzene rings is 2. The van der Waals surface area contributed by atoms with Gasteiger partial charge in [-0.1, -0.05) is 18.2 Å². The second kappa shape index (κ2) is 8.49. The number of nitrogens with zero attached hydrogens (tertiary/aromatic N) is 1. The van der Waals surface area contributed by atoms with Gasteiger partial charge in [-0.15, -0.1) is 29.0 Å². The molecule has 0 unspecified atom stereocenters. The Morgan fingerprint density at radius 1 is 1.15 bits per heavy atom. The Hall–Kier alpha value is 0.0564. The molecular formula is C16H18KNO2. The zero-order valence-electron chi connectivity index (χ0n) is 12.0. The molecule has 3 rings (SSSR count). The first-order chi connectivity index (χ1) is 9.42. The van der Waals surface area contributed by atoms with Gasteiger partial charge in [-0.2, -0.15) is 6.07 Å². The van der Waals surface area contributed by atoms with E-state index in [1.54, 1.807) is 0 Å². The third-order valence-corrected chi connectivity index (χ3v) is 3.42. The zero-order chi connectivity index (χ0) is 12.9. The van der Waals surface area contributed by atoms with Gasteiger partial charge in [0.2, 0.25) is 0 Å². The summed E-state index contributed by atoms with van der Waals surface area (Å²) >= 11 is 0. The van der Waals surface area contributed by atoms with Crippen molar-refractivity contribution in [3.63, 3.8) is 0 Å². The molecule has 2 aromatic carbocycles. The molecule has 1 saturated heterocycles. The molecule has 20 heavy (non-hydrogen) atoms. The van der Waals surface area contributed by atoms with Crippen molar-refractivity contribution < 1.29 is 60.9 Å². The maximum Gasteiger partial charge on any atom is 1.00 e. The van der Waals surface area contributed by atoms with Gasteiger partial charge < -0.3 is 9.47 Å². The average molecular weight is 295 g/mol. The van der Waals surface area contributed by atoms with Crippen molar-refractivity contribution in [2.45, 2.75) is 0 Å². The Labute approximate surface area is 162 Å². The number of hydrogen-bond acceptors (Lipinski definition) is 3. The number of ether oxygens (including phenoxy) is 2. The fourth-order valence-corrected chi connectivity index (χ4v) is 2.30. The molecule has 0 N–H and O–H groups in total. The van der Waals surface area contributed by atoms with Crippen LogP contribution in [0.1, 0.15) is 0 Å². The molecule has 0 radical (unpaired) electrons. The summed E-state index contributed by atoms with van der Waals surface area (Å²) in [6.07, 6.45) is 0. The second-order valence-electron chi connectivity index (χ2n) is 4.73. The van der Waals surface area contributed by atoms with Gasteiger partial charge in [-0.25, -0.2) is 0 Å². The molecule has 0 amide bonds. The van der Waals surface area contributed by atoms with Crippen LogP contribution >= 0.6 is 0 Å². The molecule has 0 aliphatic carbocycles. The summed E-state index contributed by atoms with van der Waals surface area (Å²) in [5, 5.41) is 2.39. The van der Waals surface area contributed by atoms with E-state index < -0.39 is 0 Å². The maximum absolute atomic E-state index is 5.78. The molecule has 1 aliphatic rings. The van der Waals surface area contributed by atoms with Gasteiger partial charge in [0, 0.05) is 25.4 Å². The van der Waals surface area contributed by atoms with E-state index >= 15 is 0 Å². The third kappa shape index (κ3) is 4.53. The van der Waals surface area contributed by atoms with Crippen LogP contribution in [0.2, 0.25) is 0 Å². The SMILES string of the molecule is [K+].[c-]1cc2ccccc2cc1OCCN1CCOCC1. The molecule has 4 heteroatoms. The van der Waals surface area contributed by atoms with Crippen LogP contribution in [0.25, 0.3) is 10.8 Å². The van der Waals surface area contributed by atoms with E-state index in [4.69, 9.17) is 9.47 Å². The van der Waals surface area contributed by atoms with E-state index in [9.17, 15) is 0 Å². The zero-order valence-corrected chi connectivity index (χ0v) is 15.1. The molecule has 0 saturated carbocycles. The van der Waals surface area contributed by atoms with Gasteiger partial charge >= 0.3 is 51.4 Å². The van der Waals surface area contributed by atoms with Crippen molar-refractivity contribution in [2.24, 2.45) is 0 Å². The maximum atomic E-state index is 5.78. The Balaban J connectivity index is 0.00000147. The van der Waals surface area contributed by atoms with Crippen molar-refractivity contribution in [1.29, 1.82) is 0 Å². The molecular weight excluding hydrogens is 277 g/mol. The molecule has 0 bridgehead atoms. The minimum Gasteiger partial charge on any atom is -0.518 e. The summed E-state index contributed by atoms with van der Waals surface area (Å²) in [6, 6.07) is 15.5. The van der Waals surface area contributed by atoms with E-state index in [0.717, 1.165) is 38.6 Å². The summed E-state index contributed by atoms with van der Waals surface area (Å²) < 4.78 is 11.1. The van der Waals surface area contributed by atoms with Gasteiger partial charge in [0.15, 0.2) is 0 Å². The molecule has 0 aromatic heterocycles. The van der Waals surface area contributed by atoms with Crippen molar-refractivity contribution >= 4 is 10.8 Å². The fraction of sp³-hybridized carbons (Fsp3) is 0.375. The summed E-state index contributed by atoms with van der Waals surface area (Å²) in [5.41, 5.74) is 0. The Kier molecular flexibility index (Phi) is 6.97. The minimum absolute atomic E-state index is 0. The van der Waals surface area contributed by atoms with Crippen LogP contribution in [0.15, 0.2) is 36.4 Å². The minimum atomic E-state index is 0. The summed E-state index contributed by atoms with van der Waals surface area (Å²) in [6.45, 7) is 5.33. The predicted octanol–water partition coefficient (Wildman–Crippen LogP) is -0.645.